The van der Waals surface area contributed by atoms with Gasteiger partial charge in [-0.1, -0.05) is 395 Å². The lowest BCUT2D eigenvalue weighted by Crippen LogP contribution is -2.70. The summed E-state index contributed by atoms with van der Waals surface area (Å²) < 4.78 is 0. The van der Waals surface area contributed by atoms with Crippen LogP contribution in [0.3, 0.4) is 0 Å². The van der Waals surface area contributed by atoms with Crippen molar-refractivity contribution in [1.82, 2.24) is 0 Å². The van der Waals surface area contributed by atoms with E-state index in [1.165, 1.54) is 89.1 Å². The summed E-state index contributed by atoms with van der Waals surface area (Å²) in [6.45, 7) is 140. The van der Waals surface area contributed by atoms with Gasteiger partial charge in [0, 0.05) is 0 Å². The van der Waals surface area contributed by atoms with Crippen LogP contribution in [0.2, 0.25) is 0 Å². The highest BCUT2D eigenvalue weighted by Gasteiger charge is 2.72. The summed E-state index contributed by atoms with van der Waals surface area (Å²) in [5.74, 6) is 0. The van der Waals surface area contributed by atoms with E-state index in [4.69, 9.17) is 0 Å². The molecule has 1 fully saturated rings. The van der Waals surface area contributed by atoms with Gasteiger partial charge in [0.1, 0.15) is 0 Å². The van der Waals surface area contributed by atoms with Crippen LogP contribution in [-0.2, 0) is 0 Å². The number of hydrogen-bond donors (Lipinski definition) is 0. The normalized spacial score (nSPS) is 24.4. The average molecular weight is 1560 g/mol. The second kappa shape index (κ2) is 35.0. The Hall–Kier alpha value is -4.42. The molecule has 3 aromatic carbocycles. The molecule has 0 nitrogen and oxygen atoms in total. The Labute approximate surface area is 715 Å². The molecule has 0 N–H and O–H groups in total. The second-order valence-corrected chi connectivity index (χ2v) is 48.2. The minimum Gasteiger partial charge on any atom is -0.0817 e. The summed E-state index contributed by atoms with van der Waals surface area (Å²) in [7, 11) is 0. The highest BCUT2D eigenvalue weighted by Crippen LogP contribution is 2.78. The summed E-state index contributed by atoms with van der Waals surface area (Å²) in [5.41, 5.74) is 35.2. The van der Waals surface area contributed by atoms with E-state index in [1.54, 1.807) is 22.3 Å². The Balaban J connectivity index is 0.000000646. The molecule has 0 radical (unpaired) electrons. The van der Waals surface area contributed by atoms with Gasteiger partial charge in [0.2, 0.25) is 0 Å². The lowest BCUT2D eigenvalue weighted by Gasteiger charge is -2.76. The molecule has 650 valence electrons. The van der Waals surface area contributed by atoms with Gasteiger partial charge in [0.15, 0.2) is 0 Å². The van der Waals surface area contributed by atoms with Crippen LogP contribution in [0.15, 0.2) is 130 Å². The predicted molar refractivity (Wildman–Crippen MR) is 522 cm³/mol. The maximum absolute atomic E-state index is 2.48. The fourth-order valence-corrected chi connectivity index (χ4v) is 19.1. The number of aryl methyl sites for hydroxylation is 4. The van der Waals surface area contributed by atoms with Gasteiger partial charge in [-0.15, -0.1) is 0 Å². The monoisotopic (exact) mass is 1560 g/mol. The van der Waals surface area contributed by atoms with Crippen LogP contribution < -0.4 is 0 Å². The molecule has 0 atom stereocenters. The summed E-state index contributed by atoms with van der Waals surface area (Å²) >= 11 is 0. The van der Waals surface area contributed by atoms with E-state index in [0.717, 1.165) is 0 Å². The lowest BCUT2D eigenvalue weighted by molar-refractivity contribution is -0.283. The molecule has 0 unspecified atom stereocenters. The number of rotatable bonds is 0. The van der Waals surface area contributed by atoms with E-state index >= 15 is 0 Å². The van der Waals surface area contributed by atoms with Crippen LogP contribution >= 0.6 is 0 Å². The third kappa shape index (κ3) is 18.9. The van der Waals surface area contributed by atoms with Crippen LogP contribution in [0.25, 0.3) is 0 Å². The van der Waals surface area contributed by atoms with Gasteiger partial charge in [-0.3, -0.25) is 0 Å². The van der Waals surface area contributed by atoms with E-state index in [9.17, 15) is 0 Å². The quantitative estimate of drug-likeness (QED) is 0.197. The van der Waals surface area contributed by atoms with Crippen molar-refractivity contribution in [3.8, 4) is 0 Å². The fraction of sp³-hybridized carbons (Fsp3) is 0.702. The molecule has 3 aromatic rings. The Bertz CT molecular complexity index is 3730. The van der Waals surface area contributed by atoms with Crippen molar-refractivity contribution in [2.45, 2.75) is 415 Å². The Morgan fingerprint density at radius 2 is 0.395 bits per heavy atom. The van der Waals surface area contributed by atoms with Crippen molar-refractivity contribution < 1.29 is 0 Å². The number of allylic oxidation sites excluding steroid dienone is 16. The maximum atomic E-state index is 2.48. The summed E-state index contributed by atoms with van der Waals surface area (Å²) in [6, 6.07) is 12.7. The van der Waals surface area contributed by atoms with Gasteiger partial charge in [0.25, 0.3) is 0 Å². The summed E-state index contributed by atoms with van der Waals surface area (Å²) in [4.78, 5) is 0. The Morgan fingerprint density at radius 3 is 0.596 bits per heavy atom. The predicted octanol–water partition coefficient (Wildman–Crippen LogP) is 36.9. The third-order valence-corrected chi connectivity index (χ3v) is 41.1. The zero-order valence-electron chi connectivity index (χ0n) is 88.1. The standard InChI is InChI=1S/C18H36.C16H30.C14H26.C14H24.C12H20.C12H18.C10H16.C10H14.C8H10/c1-13(2)14(3,4)16(7,8)18(11,12)17(9,10)15(13,5)6;1-11-12(2)14(5,6)16(9,10)15(7,8)13(11,3)4;1-11(2)9-10-12(3,4)14(7,8)13(11,5)6;1-9-10(2)12(4)14(7,8)13(5,6)11(9)3;1-9-7-8-11(3,4)12(5,6)10(9)2;1-7-8(2)10(4)12(6)11(5)9(7)3;1-9(2)7-5-6-8-10(9,3)4;1-7-5-6-8(2)10(4)9(7)3;1-7-5-3-4-6-8(7)2/h1-12H3;1-10H3;9-10H,1-8H3;1-8H3;7-8H,1-6H3;1-6H3;5-8H,1-4H3;5-6H,1-4H3;3-6H,1-2H3. The first kappa shape index (κ1) is 108. The fourth-order valence-electron chi connectivity index (χ4n) is 19.1. The first-order chi connectivity index (χ1) is 50.0. The van der Waals surface area contributed by atoms with Crippen molar-refractivity contribution in [3.05, 3.63) is 196 Å². The molecule has 0 spiro atoms. The molecule has 114 heavy (non-hydrogen) atoms. The van der Waals surface area contributed by atoms with Gasteiger partial charge in [-0.2, -0.15) is 0 Å². The zero-order chi connectivity index (χ0) is 91.4. The third-order valence-electron chi connectivity index (χ3n) is 41.1. The minimum absolute atomic E-state index is 0.274. The topological polar surface area (TPSA) is 0 Å². The van der Waals surface area contributed by atoms with E-state index in [-0.39, 0.29) is 37.9 Å². The van der Waals surface area contributed by atoms with Gasteiger partial charge < -0.3 is 0 Å². The van der Waals surface area contributed by atoms with Gasteiger partial charge in [-0.05, 0) is 325 Å². The molecule has 1 saturated carbocycles. The van der Waals surface area contributed by atoms with E-state index in [0.29, 0.717) is 70.4 Å². The highest BCUT2D eigenvalue weighted by molar-refractivity contribution is 5.49. The molecule has 6 aliphatic rings. The van der Waals surface area contributed by atoms with Gasteiger partial charge in [-0.25, -0.2) is 0 Å². The van der Waals surface area contributed by atoms with Crippen LogP contribution in [0, 0.1) is 191 Å². The molecular formula is C114H194. The molecule has 6 aliphatic carbocycles. The first-order valence-electron chi connectivity index (χ1n) is 44.6. The lowest BCUT2D eigenvalue weighted by atomic mass is 9.28. The maximum Gasteiger partial charge on any atom is -0.00532 e. The molecule has 0 heteroatoms. The molecule has 0 amide bonds. The molecule has 0 bridgehead atoms. The van der Waals surface area contributed by atoms with Crippen molar-refractivity contribution in [1.29, 1.82) is 0 Å². The Kier molecular flexibility index (Phi) is 33.0. The van der Waals surface area contributed by atoms with Crippen LogP contribution in [0.1, 0.15) is 399 Å². The molecule has 0 aliphatic heterocycles. The molecule has 0 aromatic heterocycles. The van der Waals surface area contributed by atoms with Crippen molar-refractivity contribution >= 4 is 0 Å². The molecule has 0 heterocycles. The largest absolute Gasteiger partial charge is 0.0817 e. The van der Waals surface area contributed by atoms with Crippen LogP contribution in [-0.4, -0.2) is 0 Å². The van der Waals surface area contributed by atoms with E-state index in [1.807, 2.05) is 0 Å². The number of benzene rings is 3. The molecule has 0 saturated heterocycles. The first-order valence-corrected chi connectivity index (χ1v) is 44.6. The van der Waals surface area contributed by atoms with Crippen LogP contribution in [0.5, 0.6) is 0 Å². The van der Waals surface area contributed by atoms with Crippen molar-refractivity contribution in [3.63, 3.8) is 0 Å². The summed E-state index contributed by atoms with van der Waals surface area (Å²) in [5, 5.41) is 0. The van der Waals surface area contributed by atoms with Gasteiger partial charge in [0.05, 0.1) is 0 Å². The molecular weight excluding hydrogens is 1370 g/mol. The second-order valence-electron chi connectivity index (χ2n) is 48.2. The van der Waals surface area contributed by atoms with Crippen molar-refractivity contribution in [2.24, 2.45) is 108 Å². The Morgan fingerprint density at radius 1 is 0.167 bits per heavy atom. The zero-order valence-corrected chi connectivity index (χ0v) is 88.1. The van der Waals surface area contributed by atoms with E-state index in [2.05, 4.69) is 500 Å². The van der Waals surface area contributed by atoms with Crippen molar-refractivity contribution in [2.75, 3.05) is 0 Å². The minimum atomic E-state index is 0.274. The smallest absolute Gasteiger partial charge is 0.00532 e. The van der Waals surface area contributed by atoms with Crippen LogP contribution in [0.4, 0.5) is 0 Å². The SMILES string of the molecule is CC1(C)C(C)(C)C(C)(C)C(C)(C)C(C)(C)C1(C)C.CC1(C)C=CC(C)(C)C(C)(C)C1(C)C.CC1(C)C=CC=CC1(C)C.CC1=C(C)C(C)(C)C(C)(C)C(C)(C)C1(C)C.CC1=C(C)C(C)(C)C(C)(C)C(C)=C1C.CC1=C(C)C(C)(C)C(C)(C)C=C1.Cc1c(C)c(C)c(C)c(C)c1C.Cc1ccc(C)c(C)c1C.Cc1ccccc1C. The number of hydrogen-bond acceptors (Lipinski definition) is 0. The highest BCUT2D eigenvalue weighted by atomic mass is 14.8. The molecule has 9 rings (SSSR count). The average Bonchev–Trinajstić information content (AvgIpc) is 0.665. The summed E-state index contributed by atoms with van der Waals surface area (Å²) in [6.07, 6.45) is 18.2. The van der Waals surface area contributed by atoms with Gasteiger partial charge >= 0.3 is 0 Å². The van der Waals surface area contributed by atoms with E-state index < -0.39 is 0 Å².